The van der Waals surface area contributed by atoms with Crippen LogP contribution in [0.2, 0.25) is 5.02 Å². The maximum atomic E-state index is 11.8. The highest BCUT2D eigenvalue weighted by Crippen LogP contribution is 2.15. The SMILES string of the molecule is O=C(/C=C/c1ccccc1Cl)NC(=S)NCc1ccccc1. The average molecular weight is 331 g/mol. The molecular weight excluding hydrogens is 316 g/mol. The first-order chi connectivity index (χ1) is 10.6. The molecule has 0 spiro atoms. The summed E-state index contributed by atoms with van der Waals surface area (Å²) in [6.07, 6.45) is 3.05. The number of carbonyl (C=O) groups is 1. The van der Waals surface area contributed by atoms with Crippen LogP contribution in [0.15, 0.2) is 60.7 Å². The van der Waals surface area contributed by atoms with E-state index in [4.69, 9.17) is 23.8 Å². The lowest BCUT2D eigenvalue weighted by atomic mass is 10.2. The first-order valence-corrected chi connectivity index (χ1v) is 7.49. The van der Waals surface area contributed by atoms with Gasteiger partial charge >= 0.3 is 0 Å². The van der Waals surface area contributed by atoms with Crippen molar-refractivity contribution in [1.29, 1.82) is 0 Å². The fourth-order valence-electron chi connectivity index (χ4n) is 1.75. The normalized spacial score (nSPS) is 10.4. The van der Waals surface area contributed by atoms with E-state index in [9.17, 15) is 4.79 Å². The summed E-state index contributed by atoms with van der Waals surface area (Å²) in [4.78, 5) is 11.8. The number of hydrogen-bond donors (Lipinski definition) is 2. The van der Waals surface area contributed by atoms with Crippen molar-refractivity contribution in [2.45, 2.75) is 6.54 Å². The molecule has 0 fully saturated rings. The number of carbonyl (C=O) groups excluding carboxylic acids is 1. The van der Waals surface area contributed by atoms with Gasteiger partial charge in [-0.3, -0.25) is 10.1 Å². The Morgan fingerprint density at radius 2 is 1.77 bits per heavy atom. The Kier molecular flexibility index (Phi) is 6.13. The number of halogens is 1. The minimum atomic E-state index is -0.300. The van der Waals surface area contributed by atoms with Crippen molar-refractivity contribution in [1.82, 2.24) is 10.6 Å². The van der Waals surface area contributed by atoms with Crippen LogP contribution >= 0.6 is 23.8 Å². The average Bonchev–Trinajstić information content (AvgIpc) is 2.53. The second-order valence-electron chi connectivity index (χ2n) is 4.51. The van der Waals surface area contributed by atoms with Crippen LogP contribution in [0.1, 0.15) is 11.1 Å². The van der Waals surface area contributed by atoms with Crippen LogP contribution in [-0.2, 0) is 11.3 Å². The van der Waals surface area contributed by atoms with Crippen molar-refractivity contribution in [3.63, 3.8) is 0 Å². The molecule has 22 heavy (non-hydrogen) atoms. The van der Waals surface area contributed by atoms with Crippen LogP contribution in [0.4, 0.5) is 0 Å². The van der Waals surface area contributed by atoms with Gasteiger partial charge in [0.25, 0.3) is 0 Å². The maximum Gasteiger partial charge on any atom is 0.250 e. The Hall–Kier alpha value is -2.17. The first-order valence-electron chi connectivity index (χ1n) is 6.70. The molecule has 0 aliphatic carbocycles. The smallest absolute Gasteiger partial charge is 0.250 e. The zero-order chi connectivity index (χ0) is 15.8. The molecule has 2 N–H and O–H groups in total. The third kappa shape index (κ3) is 5.31. The third-order valence-electron chi connectivity index (χ3n) is 2.85. The zero-order valence-corrected chi connectivity index (χ0v) is 13.3. The van der Waals surface area contributed by atoms with E-state index < -0.39 is 0 Å². The van der Waals surface area contributed by atoms with E-state index in [2.05, 4.69) is 10.6 Å². The van der Waals surface area contributed by atoms with Crippen molar-refractivity contribution < 1.29 is 4.79 Å². The minimum Gasteiger partial charge on any atom is -0.358 e. The van der Waals surface area contributed by atoms with Crippen LogP contribution in [0, 0.1) is 0 Å². The highest BCUT2D eigenvalue weighted by atomic mass is 35.5. The molecular formula is C17H15ClN2OS. The number of hydrogen-bond acceptors (Lipinski definition) is 2. The summed E-state index contributed by atoms with van der Waals surface area (Å²) in [5.41, 5.74) is 1.87. The lowest BCUT2D eigenvalue weighted by Crippen LogP contribution is -2.37. The van der Waals surface area contributed by atoms with Gasteiger partial charge in [-0.1, -0.05) is 60.1 Å². The predicted molar refractivity (Wildman–Crippen MR) is 94.5 cm³/mol. The summed E-state index contributed by atoms with van der Waals surface area (Å²) < 4.78 is 0. The zero-order valence-electron chi connectivity index (χ0n) is 11.8. The van der Waals surface area contributed by atoms with Gasteiger partial charge < -0.3 is 5.32 Å². The summed E-state index contributed by atoms with van der Waals surface area (Å²) in [6, 6.07) is 17.1. The Morgan fingerprint density at radius 1 is 1.09 bits per heavy atom. The monoisotopic (exact) mass is 330 g/mol. The lowest BCUT2D eigenvalue weighted by molar-refractivity contribution is -0.115. The van der Waals surface area contributed by atoms with E-state index >= 15 is 0 Å². The first kappa shape index (κ1) is 16.2. The molecule has 2 aromatic carbocycles. The molecule has 0 bridgehead atoms. The van der Waals surface area contributed by atoms with Gasteiger partial charge in [0.1, 0.15) is 0 Å². The number of amides is 1. The van der Waals surface area contributed by atoms with Crippen molar-refractivity contribution >= 4 is 40.9 Å². The van der Waals surface area contributed by atoms with E-state index in [1.54, 1.807) is 12.1 Å². The third-order valence-corrected chi connectivity index (χ3v) is 3.44. The molecule has 0 atom stereocenters. The van der Waals surface area contributed by atoms with Crippen LogP contribution in [0.3, 0.4) is 0 Å². The summed E-state index contributed by atoms with van der Waals surface area (Å²) in [5, 5.41) is 6.45. The molecule has 0 aliphatic rings. The topological polar surface area (TPSA) is 41.1 Å². The second kappa shape index (κ2) is 8.32. The standard InChI is InChI=1S/C17H15ClN2OS/c18-15-9-5-4-8-14(15)10-11-16(21)20-17(22)19-12-13-6-2-1-3-7-13/h1-11H,12H2,(H2,19,20,21,22)/b11-10+. The van der Waals surface area contributed by atoms with Gasteiger partial charge in [-0.25, -0.2) is 0 Å². The summed E-state index contributed by atoms with van der Waals surface area (Å²) in [5.74, 6) is -0.300. The van der Waals surface area contributed by atoms with Crippen molar-refractivity contribution in [3.8, 4) is 0 Å². The molecule has 0 radical (unpaired) electrons. The van der Waals surface area contributed by atoms with Crippen LogP contribution < -0.4 is 10.6 Å². The van der Waals surface area contributed by atoms with E-state index in [0.29, 0.717) is 11.6 Å². The summed E-state index contributed by atoms with van der Waals surface area (Å²) in [7, 11) is 0. The molecule has 2 rings (SSSR count). The summed E-state index contributed by atoms with van der Waals surface area (Å²) >= 11 is 11.1. The van der Waals surface area contributed by atoms with Crippen LogP contribution in [0.25, 0.3) is 6.08 Å². The van der Waals surface area contributed by atoms with Crippen LogP contribution in [0.5, 0.6) is 0 Å². The fourth-order valence-corrected chi connectivity index (χ4v) is 2.12. The molecule has 0 saturated heterocycles. The van der Waals surface area contributed by atoms with Crippen molar-refractivity contribution in [3.05, 3.63) is 76.8 Å². The molecule has 0 unspecified atom stereocenters. The van der Waals surface area contributed by atoms with Crippen molar-refractivity contribution in [2.24, 2.45) is 0 Å². The van der Waals surface area contributed by atoms with E-state index in [0.717, 1.165) is 11.1 Å². The molecule has 0 saturated carbocycles. The van der Waals surface area contributed by atoms with Gasteiger partial charge in [-0.15, -0.1) is 0 Å². The Labute approximate surface area is 140 Å². The molecule has 0 heterocycles. The Bertz CT molecular complexity index is 686. The quantitative estimate of drug-likeness (QED) is 0.665. The number of thiocarbonyl (C=S) groups is 1. The lowest BCUT2D eigenvalue weighted by Gasteiger charge is -2.08. The molecule has 0 aliphatic heterocycles. The highest BCUT2D eigenvalue weighted by Gasteiger charge is 2.01. The number of rotatable bonds is 4. The molecule has 0 aromatic heterocycles. The molecule has 2 aromatic rings. The van der Waals surface area contributed by atoms with E-state index in [1.165, 1.54) is 6.08 Å². The van der Waals surface area contributed by atoms with E-state index in [1.807, 2.05) is 48.5 Å². The second-order valence-corrected chi connectivity index (χ2v) is 5.33. The predicted octanol–water partition coefficient (Wildman–Crippen LogP) is 3.54. The molecule has 3 nitrogen and oxygen atoms in total. The van der Waals surface area contributed by atoms with E-state index in [-0.39, 0.29) is 11.0 Å². The minimum absolute atomic E-state index is 0.290. The van der Waals surface area contributed by atoms with Gasteiger partial charge in [-0.05, 0) is 35.5 Å². The van der Waals surface area contributed by atoms with Gasteiger partial charge in [0.05, 0.1) is 0 Å². The maximum absolute atomic E-state index is 11.8. The molecule has 112 valence electrons. The van der Waals surface area contributed by atoms with Crippen LogP contribution in [-0.4, -0.2) is 11.0 Å². The largest absolute Gasteiger partial charge is 0.358 e. The Morgan fingerprint density at radius 3 is 2.50 bits per heavy atom. The van der Waals surface area contributed by atoms with Gasteiger partial charge in [-0.2, -0.15) is 0 Å². The number of benzene rings is 2. The summed E-state index contributed by atoms with van der Waals surface area (Å²) in [6.45, 7) is 0.564. The van der Waals surface area contributed by atoms with Gasteiger partial charge in [0, 0.05) is 17.6 Å². The fraction of sp³-hybridized carbons (Fsp3) is 0.0588. The number of nitrogens with one attached hydrogen (secondary N) is 2. The molecule has 1 amide bonds. The highest BCUT2D eigenvalue weighted by molar-refractivity contribution is 7.80. The Balaban J connectivity index is 1.81. The van der Waals surface area contributed by atoms with Gasteiger partial charge in [0.2, 0.25) is 5.91 Å². The molecule has 5 heteroatoms. The van der Waals surface area contributed by atoms with Crippen molar-refractivity contribution in [2.75, 3.05) is 0 Å². The van der Waals surface area contributed by atoms with Gasteiger partial charge in [0.15, 0.2) is 5.11 Å².